The molecular formula is C15H16N2O4. The minimum atomic E-state index is -0.943. The highest BCUT2D eigenvalue weighted by Crippen LogP contribution is 2.19. The fraction of sp³-hybridized carbons (Fsp3) is 0.333. The van der Waals surface area contributed by atoms with Crippen molar-refractivity contribution in [2.24, 2.45) is 0 Å². The van der Waals surface area contributed by atoms with E-state index in [2.05, 4.69) is 10.3 Å². The number of fused-ring (bicyclic) bond motifs is 1. The van der Waals surface area contributed by atoms with Crippen LogP contribution in [-0.4, -0.2) is 40.7 Å². The van der Waals surface area contributed by atoms with Crippen molar-refractivity contribution in [3.05, 3.63) is 36.0 Å². The molecule has 0 bridgehead atoms. The number of ether oxygens (including phenoxy) is 1. The molecule has 1 saturated heterocycles. The number of aliphatic carboxylic acids is 1. The van der Waals surface area contributed by atoms with Crippen LogP contribution in [0.1, 0.15) is 23.2 Å². The summed E-state index contributed by atoms with van der Waals surface area (Å²) in [5.74, 6) is -1.12. The molecule has 1 aromatic heterocycles. The molecule has 110 valence electrons. The Hall–Kier alpha value is -2.34. The first-order valence-electron chi connectivity index (χ1n) is 6.87. The zero-order valence-electron chi connectivity index (χ0n) is 11.3. The van der Waals surface area contributed by atoms with Crippen molar-refractivity contribution in [1.29, 1.82) is 0 Å². The smallest absolute Gasteiger partial charge is 0.332 e. The van der Waals surface area contributed by atoms with Gasteiger partial charge in [0.1, 0.15) is 0 Å². The van der Waals surface area contributed by atoms with Gasteiger partial charge in [0, 0.05) is 29.2 Å². The van der Waals surface area contributed by atoms with Gasteiger partial charge in [-0.2, -0.15) is 0 Å². The predicted molar refractivity (Wildman–Crippen MR) is 76.2 cm³/mol. The van der Waals surface area contributed by atoms with Crippen LogP contribution in [0.2, 0.25) is 0 Å². The van der Waals surface area contributed by atoms with Crippen molar-refractivity contribution in [2.45, 2.75) is 25.0 Å². The number of hydrogen-bond acceptors (Lipinski definition) is 3. The number of rotatable bonds is 4. The third-order valence-corrected chi connectivity index (χ3v) is 3.69. The molecule has 1 fully saturated rings. The minimum absolute atomic E-state index is 0.180. The van der Waals surface area contributed by atoms with Gasteiger partial charge in [0.2, 0.25) is 0 Å². The van der Waals surface area contributed by atoms with Crippen LogP contribution < -0.4 is 5.32 Å². The number of carbonyl (C=O) groups is 2. The molecule has 0 spiro atoms. The van der Waals surface area contributed by atoms with Gasteiger partial charge in [-0.25, -0.2) is 4.79 Å². The van der Waals surface area contributed by atoms with E-state index in [9.17, 15) is 9.59 Å². The molecule has 3 N–H and O–H groups in total. The van der Waals surface area contributed by atoms with Crippen molar-refractivity contribution in [3.63, 3.8) is 0 Å². The second kappa shape index (κ2) is 5.57. The van der Waals surface area contributed by atoms with Crippen molar-refractivity contribution in [1.82, 2.24) is 10.3 Å². The molecule has 0 aliphatic carbocycles. The SMILES string of the molecule is O=C(NCC1CCC(C(=O)O)O1)c1ccc2[nH]ccc2c1. The van der Waals surface area contributed by atoms with Crippen molar-refractivity contribution >= 4 is 22.8 Å². The summed E-state index contributed by atoms with van der Waals surface area (Å²) < 4.78 is 5.35. The number of amides is 1. The molecule has 6 nitrogen and oxygen atoms in total. The third-order valence-electron chi connectivity index (χ3n) is 3.69. The first kappa shape index (κ1) is 13.6. The normalized spacial score (nSPS) is 21.5. The number of aromatic nitrogens is 1. The lowest BCUT2D eigenvalue weighted by Gasteiger charge is -2.12. The van der Waals surface area contributed by atoms with Gasteiger partial charge in [-0.1, -0.05) is 0 Å². The standard InChI is InChI=1S/C15H16N2O4/c18-14(10-1-3-12-9(7-10)5-6-16-12)17-8-11-2-4-13(21-11)15(19)20/h1,3,5-7,11,13,16H,2,4,8H2,(H,17,18)(H,19,20). The van der Waals surface area contributed by atoms with Crippen LogP contribution >= 0.6 is 0 Å². The number of nitrogens with one attached hydrogen (secondary N) is 2. The zero-order valence-corrected chi connectivity index (χ0v) is 11.3. The Morgan fingerprint density at radius 1 is 1.33 bits per heavy atom. The minimum Gasteiger partial charge on any atom is -0.479 e. The number of carbonyl (C=O) groups excluding carboxylic acids is 1. The molecule has 1 aromatic carbocycles. The summed E-state index contributed by atoms with van der Waals surface area (Å²) in [5, 5.41) is 12.6. The molecule has 1 aliphatic heterocycles. The van der Waals surface area contributed by atoms with Crippen molar-refractivity contribution < 1.29 is 19.4 Å². The highest BCUT2D eigenvalue weighted by atomic mass is 16.5. The number of carboxylic acids is 1. The molecule has 2 unspecified atom stereocenters. The monoisotopic (exact) mass is 288 g/mol. The summed E-state index contributed by atoms with van der Waals surface area (Å²) in [4.78, 5) is 26.0. The Balaban J connectivity index is 1.58. The third kappa shape index (κ3) is 2.90. The Bertz CT molecular complexity index is 679. The maximum absolute atomic E-state index is 12.1. The number of aromatic amines is 1. The Morgan fingerprint density at radius 3 is 2.95 bits per heavy atom. The van der Waals surface area contributed by atoms with E-state index in [1.165, 1.54) is 0 Å². The Kier molecular flexibility index (Phi) is 3.62. The Morgan fingerprint density at radius 2 is 2.19 bits per heavy atom. The lowest BCUT2D eigenvalue weighted by Crippen LogP contribution is -2.33. The molecule has 2 atom stereocenters. The fourth-order valence-electron chi connectivity index (χ4n) is 2.54. The molecule has 1 amide bonds. The van der Waals surface area contributed by atoms with Crippen LogP contribution in [0.5, 0.6) is 0 Å². The van der Waals surface area contributed by atoms with E-state index in [4.69, 9.17) is 9.84 Å². The first-order valence-corrected chi connectivity index (χ1v) is 6.87. The summed E-state index contributed by atoms with van der Waals surface area (Å²) in [6, 6.07) is 7.33. The summed E-state index contributed by atoms with van der Waals surface area (Å²) in [5.41, 5.74) is 1.56. The van der Waals surface area contributed by atoms with E-state index in [1.54, 1.807) is 6.07 Å². The van der Waals surface area contributed by atoms with Gasteiger partial charge in [0.15, 0.2) is 6.10 Å². The highest BCUT2D eigenvalue weighted by molar-refractivity contribution is 5.98. The second-order valence-corrected chi connectivity index (χ2v) is 5.15. The fourth-order valence-corrected chi connectivity index (χ4v) is 2.54. The molecule has 6 heteroatoms. The predicted octanol–water partition coefficient (Wildman–Crippen LogP) is 1.53. The summed E-state index contributed by atoms with van der Waals surface area (Å²) in [6.45, 7) is 0.327. The van der Waals surface area contributed by atoms with Crippen LogP contribution in [0.3, 0.4) is 0 Å². The summed E-state index contributed by atoms with van der Waals surface area (Å²) in [7, 11) is 0. The average molecular weight is 288 g/mol. The topological polar surface area (TPSA) is 91.4 Å². The maximum atomic E-state index is 12.1. The van der Waals surface area contributed by atoms with Gasteiger partial charge in [-0.3, -0.25) is 4.79 Å². The number of benzene rings is 1. The van der Waals surface area contributed by atoms with E-state index in [0.717, 1.165) is 10.9 Å². The molecule has 0 radical (unpaired) electrons. The van der Waals surface area contributed by atoms with E-state index in [-0.39, 0.29) is 12.0 Å². The van der Waals surface area contributed by atoms with Crippen molar-refractivity contribution in [2.75, 3.05) is 6.54 Å². The van der Waals surface area contributed by atoms with Crippen LogP contribution in [0, 0.1) is 0 Å². The zero-order chi connectivity index (χ0) is 14.8. The van der Waals surface area contributed by atoms with Crippen LogP contribution in [0.4, 0.5) is 0 Å². The molecule has 3 rings (SSSR count). The van der Waals surface area contributed by atoms with Gasteiger partial charge in [-0.15, -0.1) is 0 Å². The van der Waals surface area contributed by atoms with E-state index in [1.807, 2.05) is 24.4 Å². The van der Waals surface area contributed by atoms with Crippen LogP contribution in [0.25, 0.3) is 10.9 Å². The lowest BCUT2D eigenvalue weighted by molar-refractivity contribution is -0.149. The molecular weight excluding hydrogens is 272 g/mol. The molecule has 2 aromatic rings. The second-order valence-electron chi connectivity index (χ2n) is 5.15. The van der Waals surface area contributed by atoms with E-state index >= 15 is 0 Å². The Labute approximate surface area is 121 Å². The molecule has 21 heavy (non-hydrogen) atoms. The lowest BCUT2D eigenvalue weighted by atomic mass is 10.1. The number of carboxylic acid groups (broad SMARTS) is 1. The first-order chi connectivity index (χ1) is 10.1. The van der Waals surface area contributed by atoms with Gasteiger partial charge in [0.05, 0.1) is 6.10 Å². The van der Waals surface area contributed by atoms with Gasteiger partial charge >= 0.3 is 5.97 Å². The number of hydrogen-bond donors (Lipinski definition) is 3. The van der Waals surface area contributed by atoms with Crippen LogP contribution in [0.15, 0.2) is 30.5 Å². The molecule has 1 aliphatic rings. The van der Waals surface area contributed by atoms with E-state index < -0.39 is 12.1 Å². The largest absolute Gasteiger partial charge is 0.479 e. The van der Waals surface area contributed by atoms with Crippen LogP contribution in [-0.2, 0) is 9.53 Å². The summed E-state index contributed by atoms with van der Waals surface area (Å²) in [6.07, 6.45) is 1.98. The summed E-state index contributed by atoms with van der Waals surface area (Å²) >= 11 is 0. The van der Waals surface area contributed by atoms with Gasteiger partial charge in [0.25, 0.3) is 5.91 Å². The molecule has 0 saturated carbocycles. The average Bonchev–Trinajstić information content (AvgIpc) is 3.12. The van der Waals surface area contributed by atoms with Gasteiger partial charge in [-0.05, 0) is 37.1 Å². The highest BCUT2D eigenvalue weighted by Gasteiger charge is 2.30. The molecule has 2 heterocycles. The number of H-pyrrole nitrogens is 1. The van der Waals surface area contributed by atoms with Gasteiger partial charge < -0.3 is 20.1 Å². The quantitative estimate of drug-likeness (QED) is 0.795. The maximum Gasteiger partial charge on any atom is 0.332 e. The van der Waals surface area contributed by atoms with Crippen molar-refractivity contribution in [3.8, 4) is 0 Å². The van der Waals surface area contributed by atoms with E-state index in [0.29, 0.717) is 24.9 Å².